The van der Waals surface area contributed by atoms with Gasteiger partial charge in [-0.1, -0.05) is 79.2 Å². The van der Waals surface area contributed by atoms with Crippen LogP contribution in [0.1, 0.15) is 37.9 Å². The molecular formula is C27H25BrN2O3. The summed E-state index contributed by atoms with van der Waals surface area (Å²) in [5.74, 6) is -1.21. The summed E-state index contributed by atoms with van der Waals surface area (Å²) in [6, 6.07) is 24.7. The average Bonchev–Trinajstić information content (AvgIpc) is 3.31. The van der Waals surface area contributed by atoms with Gasteiger partial charge < -0.3 is 0 Å². The van der Waals surface area contributed by atoms with Gasteiger partial charge in [0.25, 0.3) is 5.91 Å². The third-order valence-electron chi connectivity index (χ3n) is 6.33. The van der Waals surface area contributed by atoms with Gasteiger partial charge in [-0.2, -0.15) is 0 Å². The number of para-hydroxylation sites is 1. The van der Waals surface area contributed by atoms with Crippen LogP contribution in [0.2, 0.25) is 0 Å². The molecule has 0 aliphatic carbocycles. The number of hydroxylamine groups is 1. The molecule has 0 N–H and O–H groups in total. The number of nitrogens with zero attached hydrogens (tertiary/aromatic N) is 2. The summed E-state index contributed by atoms with van der Waals surface area (Å²) >= 11 is 3.41. The number of amides is 2. The first kappa shape index (κ1) is 21.9. The Kier molecular flexibility index (Phi) is 5.38. The largest absolute Gasteiger partial charge is 0.273 e. The number of hydrogen-bond donors (Lipinski definition) is 0. The van der Waals surface area contributed by atoms with Crippen LogP contribution in [0, 0.1) is 5.92 Å². The van der Waals surface area contributed by atoms with Crippen LogP contribution in [0.3, 0.4) is 0 Å². The van der Waals surface area contributed by atoms with Gasteiger partial charge in [-0.05, 0) is 52.9 Å². The van der Waals surface area contributed by atoms with E-state index in [1.165, 1.54) is 10.5 Å². The molecule has 2 heterocycles. The summed E-state index contributed by atoms with van der Waals surface area (Å²) in [4.78, 5) is 34.5. The normalized spacial score (nSPS) is 22.7. The highest BCUT2D eigenvalue weighted by Crippen LogP contribution is 2.47. The van der Waals surface area contributed by atoms with Crippen LogP contribution >= 0.6 is 15.9 Å². The van der Waals surface area contributed by atoms with Gasteiger partial charge in [0.05, 0.1) is 17.4 Å². The van der Waals surface area contributed by atoms with Crippen molar-refractivity contribution in [3.05, 3.63) is 94.5 Å². The fourth-order valence-corrected chi connectivity index (χ4v) is 4.84. The Bertz CT molecular complexity index is 1190. The quantitative estimate of drug-likeness (QED) is 0.423. The van der Waals surface area contributed by atoms with Gasteiger partial charge in [-0.15, -0.1) is 0 Å². The molecule has 3 aromatic rings. The number of benzene rings is 3. The van der Waals surface area contributed by atoms with Gasteiger partial charge in [0, 0.05) is 4.47 Å². The molecule has 2 amide bonds. The molecular weight excluding hydrogens is 480 g/mol. The van der Waals surface area contributed by atoms with Crippen LogP contribution in [0.4, 0.5) is 11.4 Å². The first-order chi connectivity index (χ1) is 15.8. The van der Waals surface area contributed by atoms with E-state index in [0.29, 0.717) is 5.69 Å². The number of fused-ring (bicyclic) bond motifs is 1. The Labute approximate surface area is 202 Å². The fourth-order valence-electron chi connectivity index (χ4n) is 4.58. The highest BCUT2D eigenvalue weighted by Gasteiger charge is 2.60. The highest BCUT2D eigenvalue weighted by atomic mass is 79.9. The van der Waals surface area contributed by atoms with E-state index in [1.54, 1.807) is 17.2 Å². The molecule has 2 fully saturated rings. The molecule has 168 valence electrons. The lowest BCUT2D eigenvalue weighted by Gasteiger charge is -2.29. The molecule has 0 saturated carbocycles. The summed E-state index contributed by atoms with van der Waals surface area (Å²) in [7, 11) is 0. The standard InChI is InChI=1S/C27H25BrN2O3/c1-27(2,3)18-11-9-17(10-12-18)23-22-24(33-30(23)21-7-5-4-6-8-21)26(32)29(25(22)31)20-15-13-19(28)14-16-20/h4-16,22-24H,1-3H3/t22-,23-,24-/m0/s1. The Morgan fingerprint density at radius 3 is 2.03 bits per heavy atom. The molecule has 33 heavy (non-hydrogen) atoms. The molecule has 0 unspecified atom stereocenters. The minimum atomic E-state index is -0.867. The van der Waals surface area contributed by atoms with Gasteiger partial charge >= 0.3 is 0 Å². The highest BCUT2D eigenvalue weighted by molar-refractivity contribution is 9.10. The molecule has 2 aliphatic heterocycles. The molecule has 0 aromatic heterocycles. The van der Waals surface area contributed by atoms with Crippen molar-refractivity contribution < 1.29 is 14.4 Å². The van der Waals surface area contributed by atoms with Crippen molar-refractivity contribution in [3.63, 3.8) is 0 Å². The summed E-state index contributed by atoms with van der Waals surface area (Å²) in [6.45, 7) is 6.51. The van der Waals surface area contributed by atoms with Gasteiger partial charge in [-0.25, -0.2) is 9.96 Å². The number of carbonyl (C=O) groups excluding carboxylic acids is 2. The van der Waals surface area contributed by atoms with Crippen molar-refractivity contribution in [2.45, 2.75) is 38.3 Å². The summed E-state index contributed by atoms with van der Waals surface area (Å²) in [5, 5.41) is 1.73. The van der Waals surface area contributed by atoms with Crippen LogP contribution in [-0.4, -0.2) is 17.9 Å². The number of hydrogen-bond acceptors (Lipinski definition) is 4. The minimum Gasteiger partial charge on any atom is -0.273 e. The lowest BCUT2D eigenvalue weighted by molar-refractivity contribution is -0.126. The van der Waals surface area contributed by atoms with Crippen LogP contribution in [-0.2, 0) is 19.8 Å². The summed E-state index contributed by atoms with van der Waals surface area (Å²) < 4.78 is 0.883. The fraction of sp³-hybridized carbons (Fsp3) is 0.259. The van der Waals surface area contributed by atoms with Crippen molar-refractivity contribution in [1.82, 2.24) is 0 Å². The monoisotopic (exact) mass is 504 g/mol. The van der Waals surface area contributed by atoms with Crippen LogP contribution in [0.25, 0.3) is 0 Å². The van der Waals surface area contributed by atoms with Gasteiger partial charge in [0.2, 0.25) is 5.91 Å². The molecule has 0 spiro atoms. The van der Waals surface area contributed by atoms with Crippen LogP contribution in [0.15, 0.2) is 83.3 Å². The first-order valence-electron chi connectivity index (χ1n) is 11.0. The molecule has 5 nitrogen and oxygen atoms in total. The Morgan fingerprint density at radius 2 is 1.42 bits per heavy atom. The number of carbonyl (C=O) groups is 2. The van der Waals surface area contributed by atoms with E-state index in [4.69, 9.17) is 4.84 Å². The zero-order chi connectivity index (χ0) is 23.3. The Morgan fingerprint density at radius 1 is 0.788 bits per heavy atom. The van der Waals surface area contributed by atoms with E-state index in [2.05, 4.69) is 48.8 Å². The van der Waals surface area contributed by atoms with E-state index in [1.807, 2.05) is 54.6 Å². The SMILES string of the molecule is CC(C)(C)c1ccc([C@H]2[C@@H]3C(=O)N(c4ccc(Br)cc4)C(=O)[C@H]3ON2c2ccccc2)cc1. The minimum absolute atomic E-state index is 0.0177. The lowest BCUT2D eigenvalue weighted by Crippen LogP contribution is -2.37. The van der Waals surface area contributed by atoms with Gasteiger partial charge in [0.1, 0.15) is 5.92 Å². The van der Waals surface area contributed by atoms with Crippen LogP contribution in [0.5, 0.6) is 0 Å². The number of rotatable bonds is 3. The van der Waals surface area contributed by atoms with Gasteiger partial charge in [0.15, 0.2) is 6.10 Å². The molecule has 6 heteroatoms. The Balaban J connectivity index is 1.57. The first-order valence-corrected chi connectivity index (χ1v) is 11.8. The number of halogens is 1. The predicted octanol–water partition coefficient (Wildman–Crippen LogP) is 5.80. The van der Waals surface area contributed by atoms with E-state index in [0.717, 1.165) is 15.7 Å². The van der Waals surface area contributed by atoms with E-state index >= 15 is 0 Å². The topological polar surface area (TPSA) is 49.9 Å². The zero-order valence-electron chi connectivity index (χ0n) is 18.7. The smallest absolute Gasteiger partial charge is 0.266 e. The molecule has 2 aliphatic rings. The predicted molar refractivity (Wildman–Crippen MR) is 132 cm³/mol. The third kappa shape index (κ3) is 3.77. The van der Waals surface area contributed by atoms with E-state index in [9.17, 15) is 9.59 Å². The second-order valence-electron chi connectivity index (χ2n) is 9.52. The zero-order valence-corrected chi connectivity index (χ0v) is 20.3. The third-order valence-corrected chi connectivity index (χ3v) is 6.86. The van der Waals surface area contributed by atoms with Gasteiger partial charge in [-0.3, -0.25) is 14.4 Å². The molecule has 2 saturated heterocycles. The van der Waals surface area contributed by atoms with Crippen molar-refractivity contribution in [3.8, 4) is 0 Å². The molecule has 5 rings (SSSR count). The van der Waals surface area contributed by atoms with Crippen molar-refractivity contribution in [1.29, 1.82) is 0 Å². The van der Waals surface area contributed by atoms with E-state index in [-0.39, 0.29) is 17.2 Å². The number of imide groups is 1. The van der Waals surface area contributed by atoms with E-state index < -0.39 is 18.1 Å². The Hall–Kier alpha value is -2.96. The maximum absolute atomic E-state index is 13.7. The maximum Gasteiger partial charge on any atom is 0.266 e. The molecule has 3 atom stereocenters. The molecule has 0 bridgehead atoms. The summed E-state index contributed by atoms with van der Waals surface area (Å²) in [5.41, 5.74) is 3.53. The second kappa shape index (κ2) is 8.12. The lowest BCUT2D eigenvalue weighted by atomic mass is 9.84. The van der Waals surface area contributed by atoms with Crippen LogP contribution < -0.4 is 9.96 Å². The molecule has 0 radical (unpaired) electrons. The number of anilines is 2. The van der Waals surface area contributed by atoms with Crippen molar-refractivity contribution >= 4 is 39.1 Å². The van der Waals surface area contributed by atoms with Crippen molar-refractivity contribution in [2.75, 3.05) is 9.96 Å². The maximum atomic E-state index is 13.7. The molecule has 3 aromatic carbocycles. The second-order valence-corrected chi connectivity index (χ2v) is 10.4. The van der Waals surface area contributed by atoms with Crippen molar-refractivity contribution in [2.24, 2.45) is 5.92 Å². The summed E-state index contributed by atoms with van der Waals surface area (Å²) in [6.07, 6.45) is -0.867. The average molecular weight is 505 g/mol.